The van der Waals surface area contributed by atoms with Gasteiger partial charge in [0.15, 0.2) is 11.7 Å². The first-order valence-corrected chi connectivity index (χ1v) is 8.31. The number of hydrogen-bond acceptors (Lipinski definition) is 4. The molecule has 2 saturated carbocycles. The van der Waals surface area contributed by atoms with Crippen molar-refractivity contribution in [3.05, 3.63) is 36.4 Å². The summed E-state index contributed by atoms with van der Waals surface area (Å²) in [7, 11) is 0. The van der Waals surface area contributed by atoms with Crippen LogP contribution in [0.4, 0.5) is 5.69 Å². The van der Waals surface area contributed by atoms with Crippen LogP contribution in [0.25, 0.3) is 11.3 Å². The first-order valence-electron chi connectivity index (χ1n) is 8.31. The summed E-state index contributed by atoms with van der Waals surface area (Å²) >= 11 is 0. The number of anilines is 1. The van der Waals surface area contributed by atoms with Crippen LogP contribution in [0.2, 0.25) is 0 Å². The van der Waals surface area contributed by atoms with Crippen LogP contribution >= 0.6 is 0 Å². The minimum absolute atomic E-state index is 0.0417. The molecule has 23 heavy (non-hydrogen) atoms. The van der Waals surface area contributed by atoms with E-state index >= 15 is 0 Å². The molecule has 5 nitrogen and oxygen atoms in total. The van der Waals surface area contributed by atoms with E-state index in [9.17, 15) is 4.79 Å². The third-order valence-electron chi connectivity index (χ3n) is 4.73. The predicted octanol–water partition coefficient (Wildman–Crippen LogP) is 3.28. The van der Waals surface area contributed by atoms with Gasteiger partial charge in [-0.3, -0.25) is 4.79 Å². The smallest absolute Gasteiger partial charge is 0.227 e. The molecule has 2 atom stereocenters. The largest absolute Gasteiger partial charge is 0.440 e. The van der Waals surface area contributed by atoms with Gasteiger partial charge < -0.3 is 15.5 Å². The highest BCUT2D eigenvalue weighted by Crippen LogP contribution is 2.40. The molecule has 2 aliphatic rings. The molecule has 1 aromatic carbocycles. The highest BCUT2D eigenvalue weighted by molar-refractivity contribution is 5.93. The summed E-state index contributed by atoms with van der Waals surface area (Å²) < 4.78 is 5.80. The molecular formula is C18H21N3O2. The summed E-state index contributed by atoms with van der Waals surface area (Å²) in [6.45, 7) is 0. The van der Waals surface area contributed by atoms with Gasteiger partial charge >= 0.3 is 0 Å². The summed E-state index contributed by atoms with van der Waals surface area (Å²) in [4.78, 5) is 16.5. The van der Waals surface area contributed by atoms with Crippen LogP contribution in [-0.4, -0.2) is 16.9 Å². The molecule has 2 unspecified atom stereocenters. The van der Waals surface area contributed by atoms with E-state index in [2.05, 4.69) is 10.3 Å². The van der Waals surface area contributed by atoms with E-state index in [0.29, 0.717) is 5.92 Å². The summed E-state index contributed by atoms with van der Waals surface area (Å²) in [5.41, 5.74) is 7.66. The average Bonchev–Trinajstić information content (AvgIpc) is 3.12. The molecule has 4 rings (SSSR count). The zero-order valence-electron chi connectivity index (χ0n) is 13.0. The van der Waals surface area contributed by atoms with E-state index in [1.807, 2.05) is 24.3 Å². The van der Waals surface area contributed by atoms with Crippen LogP contribution in [0.5, 0.6) is 0 Å². The zero-order valence-corrected chi connectivity index (χ0v) is 13.0. The Morgan fingerprint density at radius 2 is 1.96 bits per heavy atom. The number of nitrogens with two attached hydrogens (primary N) is 1. The Balaban J connectivity index is 1.41. The van der Waals surface area contributed by atoms with E-state index < -0.39 is 0 Å². The number of oxazole rings is 1. The summed E-state index contributed by atoms with van der Waals surface area (Å²) in [6.07, 6.45) is 6.73. The number of nitrogens with zero attached hydrogens (tertiary/aromatic N) is 1. The molecule has 0 radical (unpaired) electrons. The fourth-order valence-electron chi connectivity index (χ4n) is 3.16. The van der Waals surface area contributed by atoms with Crippen molar-refractivity contribution < 1.29 is 9.21 Å². The van der Waals surface area contributed by atoms with Crippen molar-refractivity contribution in [3.63, 3.8) is 0 Å². The fourth-order valence-corrected chi connectivity index (χ4v) is 3.16. The van der Waals surface area contributed by atoms with Crippen LogP contribution < -0.4 is 11.1 Å². The molecule has 1 aromatic heterocycles. The van der Waals surface area contributed by atoms with E-state index in [4.69, 9.17) is 10.2 Å². The van der Waals surface area contributed by atoms with Gasteiger partial charge in [-0.2, -0.15) is 0 Å². The van der Waals surface area contributed by atoms with Crippen LogP contribution in [-0.2, 0) is 4.79 Å². The second kappa shape index (κ2) is 5.81. The topological polar surface area (TPSA) is 81.2 Å². The molecule has 3 N–H and O–H groups in total. The lowest BCUT2D eigenvalue weighted by Crippen LogP contribution is -2.23. The fraction of sp³-hybridized carbons (Fsp3) is 0.444. The highest BCUT2D eigenvalue weighted by Gasteiger charge is 2.29. The lowest BCUT2D eigenvalue weighted by molar-refractivity contribution is -0.119. The third kappa shape index (κ3) is 3.15. The quantitative estimate of drug-likeness (QED) is 0.908. The van der Waals surface area contributed by atoms with Gasteiger partial charge in [-0.25, -0.2) is 4.98 Å². The number of carbonyl (C=O) groups is 1. The first kappa shape index (κ1) is 14.5. The van der Waals surface area contributed by atoms with Crippen LogP contribution in [0.1, 0.15) is 43.9 Å². The Morgan fingerprint density at radius 3 is 2.61 bits per heavy atom. The van der Waals surface area contributed by atoms with Gasteiger partial charge in [-0.15, -0.1) is 0 Å². The molecule has 2 aromatic rings. The number of hydrogen-bond donors (Lipinski definition) is 2. The van der Waals surface area contributed by atoms with Crippen LogP contribution in [0, 0.1) is 5.92 Å². The Kier molecular flexibility index (Phi) is 3.65. The highest BCUT2D eigenvalue weighted by atomic mass is 16.4. The second-order valence-corrected chi connectivity index (χ2v) is 6.67. The van der Waals surface area contributed by atoms with Gasteiger partial charge in [0.1, 0.15) is 0 Å². The standard InChI is InChI=1S/C18H21N3O2/c19-14-6-3-13(9-14)17(22)21-15-7-4-11(5-8-15)16-10-20-18(23-16)12-1-2-12/h4-5,7-8,10,12-14H,1-3,6,9,19H2,(H,21,22). The molecule has 120 valence electrons. The maximum absolute atomic E-state index is 12.2. The number of carbonyl (C=O) groups excluding carboxylic acids is 1. The summed E-state index contributed by atoms with van der Waals surface area (Å²) in [6, 6.07) is 7.88. The maximum Gasteiger partial charge on any atom is 0.227 e. The minimum atomic E-state index is 0.0417. The average molecular weight is 311 g/mol. The lowest BCUT2D eigenvalue weighted by Gasteiger charge is -2.11. The Hall–Kier alpha value is -2.14. The van der Waals surface area contributed by atoms with E-state index in [1.165, 1.54) is 12.8 Å². The van der Waals surface area contributed by atoms with Gasteiger partial charge in [0.25, 0.3) is 0 Å². The molecule has 0 aliphatic heterocycles. The Morgan fingerprint density at radius 1 is 1.17 bits per heavy atom. The van der Waals surface area contributed by atoms with E-state index in [0.717, 1.165) is 42.2 Å². The second-order valence-electron chi connectivity index (χ2n) is 6.67. The van der Waals surface area contributed by atoms with Gasteiger partial charge in [-0.05, 0) is 56.4 Å². The molecule has 2 aliphatic carbocycles. The molecule has 0 bridgehead atoms. The van der Waals surface area contributed by atoms with Crippen molar-refractivity contribution in [2.75, 3.05) is 5.32 Å². The van der Waals surface area contributed by atoms with Crippen molar-refractivity contribution >= 4 is 11.6 Å². The van der Waals surface area contributed by atoms with Gasteiger partial charge in [0, 0.05) is 29.1 Å². The number of rotatable bonds is 4. The number of benzene rings is 1. The molecule has 5 heteroatoms. The lowest BCUT2D eigenvalue weighted by atomic mass is 10.1. The molecule has 0 saturated heterocycles. The first-order chi connectivity index (χ1) is 11.2. The predicted molar refractivity (Wildman–Crippen MR) is 87.9 cm³/mol. The van der Waals surface area contributed by atoms with Crippen molar-refractivity contribution in [2.24, 2.45) is 11.7 Å². The van der Waals surface area contributed by atoms with Crippen LogP contribution in [0.15, 0.2) is 34.9 Å². The summed E-state index contributed by atoms with van der Waals surface area (Å²) in [5.74, 6) is 2.25. The Bertz CT molecular complexity index is 703. The van der Waals surface area contributed by atoms with Crippen molar-refractivity contribution in [3.8, 4) is 11.3 Å². The number of amides is 1. The maximum atomic E-state index is 12.2. The zero-order chi connectivity index (χ0) is 15.8. The van der Waals surface area contributed by atoms with Crippen LogP contribution in [0.3, 0.4) is 0 Å². The van der Waals surface area contributed by atoms with Crippen molar-refractivity contribution in [1.82, 2.24) is 4.98 Å². The van der Waals surface area contributed by atoms with E-state index in [1.54, 1.807) is 6.20 Å². The molecule has 1 amide bonds. The van der Waals surface area contributed by atoms with Gasteiger partial charge in [-0.1, -0.05) is 0 Å². The molecular weight excluding hydrogens is 290 g/mol. The van der Waals surface area contributed by atoms with E-state index in [-0.39, 0.29) is 17.9 Å². The van der Waals surface area contributed by atoms with Gasteiger partial charge in [0.2, 0.25) is 5.91 Å². The van der Waals surface area contributed by atoms with Crippen molar-refractivity contribution in [2.45, 2.75) is 44.1 Å². The molecule has 2 fully saturated rings. The third-order valence-corrected chi connectivity index (χ3v) is 4.73. The SMILES string of the molecule is NC1CCC(C(=O)Nc2ccc(-c3cnc(C4CC4)o3)cc2)C1. The normalized spacial score (nSPS) is 23.9. The van der Waals surface area contributed by atoms with Gasteiger partial charge in [0.05, 0.1) is 6.20 Å². The Labute approximate surface area is 135 Å². The molecule has 0 spiro atoms. The number of aromatic nitrogens is 1. The minimum Gasteiger partial charge on any atom is -0.440 e. The molecule has 1 heterocycles. The summed E-state index contributed by atoms with van der Waals surface area (Å²) in [5, 5.41) is 2.98. The monoisotopic (exact) mass is 311 g/mol. The van der Waals surface area contributed by atoms with Crippen molar-refractivity contribution in [1.29, 1.82) is 0 Å². The number of nitrogens with one attached hydrogen (secondary N) is 1.